The molecule has 106 valence electrons. The molecule has 0 saturated carbocycles. The van der Waals surface area contributed by atoms with E-state index < -0.39 is 11.8 Å². The third-order valence-corrected chi connectivity index (χ3v) is 3.46. The van der Waals surface area contributed by atoms with Gasteiger partial charge in [-0.3, -0.25) is 0 Å². The number of aromatic nitrogens is 3. The van der Waals surface area contributed by atoms with E-state index in [-0.39, 0.29) is 15.6 Å². The zero-order chi connectivity index (χ0) is 15.1. The highest BCUT2D eigenvalue weighted by molar-refractivity contribution is 6.35. The molecule has 1 aromatic heterocycles. The third kappa shape index (κ3) is 2.32. The second kappa shape index (κ2) is 4.98. The van der Waals surface area contributed by atoms with E-state index in [2.05, 4.69) is 10.3 Å². The lowest BCUT2D eigenvalue weighted by Gasteiger charge is -2.05. The summed E-state index contributed by atoms with van der Waals surface area (Å²) in [5.74, 6) is -1.76. The largest absolute Gasteiger partial charge is 0.478 e. The second-order valence-electron chi connectivity index (χ2n) is 4.23. The van der Waals surface area contributed by atoms with Crippen LogP contribution in [0.15, 0.2) is 30.3 Å². The standard InChI is InChI=1S/C13H6Cl2FN3O2/c14-8-4-7(5-9(15)12(8)16)19-11-2-1-6(13(20)21)3-10(11)17-18-19/h1-5H,(H,20,21). The van der Waals surface area contributed by atoms with Gasteiger partial charge < -0.3 is 5.11 Å². The van der Waals surface area contributed by atoms with Crippen molar-refractivity contribution in [1.82, 2.24) is 15.0 Å². The van der Waals surface area contributed by atoms with Crippen LogP contribution in [0.4, 0.5) is 4.39 Å². The predicted molar refractivity (Wildman–Crippen MR) is 75.8 cm³/mol. The van der Waals surface area contributed by atoms with E-state index in [0.29, 0.717) is 16.7 Å². The first kappa shape index (κ1) is 13.8. The van der Waals surface area contributed by atoms with Crippen LogP contribution < -0.4 is 0 Å². The summed E-state index contributed by atoms with van der Waals surface area (Å²) < 4.78 is 14.8. The summed E-state index contributed by atoms with van der Waals surface area (Å²) in [6.07, 6.45) is 0. The van der Waals surface area contributed by atoms with Gasteiger partial charge in [-0.05, 0) is 30.3 Å². The monoisotopic (exact) mass is 325 g/mol. The highest BCUT2D eigenvalue weighted by atomic mass is 35.5. The lowest BCUT2D eigenvalue weighted by atomic mass is 10.2. The molecule has 21 heavy (non-hydrogen) atoms. The normalized spacial score (nSPS) is 11.0. The Morgan fingerprint density at radius 3 is 2.48 bits per heavy atom. The van der Waals surface area contributed by atoms with Gasteiger partial charge in [0.05, 0.1) is 26.8 Å². The molecule has 0 aliphatic carbocycles. The molecule has 8 heteroatoms. The molecule has 0 saturated heterocycles. The summed E-state index contributed by atoms with van der Waals surface area (Å²) in [6, 6.07) is 7.11. The number of aromatic carboxylic acids is 1. The van der Waals surface area contributed by atoms with Gasteiger partial charge in [-0.1, -0.05) is 28.4 Å². The molecule has 0 atom stereocenters. The van der Waals surface area contributed by atoms with E-state index in [1.807, 2.05) is 0 Å². The molecule has 0 aliphatic rings. The fraction of sp³-hybridized carbons (Fsp3) is 0. The molecule has 0 unspecified atom stereocenters. The number of halogens is 3. The van der Waals surface area contributed by atoms with Gasteiger partial charge in [0.2, 0.25) is 0 Å². The van der Waals surface area contributed by atoms with Crippen LogP contribution in [0.1, 0.15) is 10.4 Å². The molecular formula is C13H6Cl2FN3O2. The molecule has 1 N–H and O–H groups in total. The molecule has 0 aliphatic heterocycles. The van der Waals surface area contributed by atoms with Gasteiger partial charge in [0.1, 0.15) is 5.52 Å². The smallest absolute Gasteiger partial charge is 0.335 e. The Morgan fingerprint density at radius 2 is 1.86 bits per heavy atom. The van der Waals surface area contributed by atoms with Gasteiger partial charge in [-0.25, -0.2) is 13.9 Å². The van der Waals surface area contributed by atoms with Crippen molar-refractivity contribution in [3.63, 3.8) is 0 Å². The van der Waals surface area contributed by atoms with Crippen LogP contribution in [0.3, 0.4) is 0 Å². The predicted octanol–water partition coefficient (Wildman–Crippen LogP) is 3.56. The summed E-state index contributed by atoms with van der Waals surface area (Å²) in [5, 5.41) is 16.5. The maximum Gasteiger partial charge on any atom is 0.335 e. The molecule has 0 amide bonds. The number of nitrogens with zero attached hydrogens (tertiary/aromatic N) is 3. The van der Waals surface area contributed by atoms with Crippen LogP contribution in [0.2, 0.25) is 10.0 Å². The van der Waals surface area contributed by atoms with Crippen molar-refractivity contribution in [3.05, 3.63) is 51.8 Å². The Kier molecular flexibility index (Phi) is 3.27. The van der Waals surface area contributed by atoms with Crippen molar-refractivity contribution < 1.29 is 14.3 Å². The number of hydrogen-bond acceptors (Lipinski definition) is 3. The molecular weight excluding hydrogens is 320 g/mol. The van der Waals surface area contributed by atoms with E-state index in [4.69, 9.17) is 28.3 Å². The number of rotatable bonds is 2. The zero-order valence-electron chi connectivity index (χ0n) is 10.2. The summed E-state index contributed by atoms with van der Waals surface area (Å²) in [5.41, 5.74) is 1.48. The fourth-order valence-electron chi connectivity index (χ4n) is 1.91. The number of carboxylic acids is 1. The van der Waals surface area contributed by atoms with Crippen LogP contribution in [-0.2, 0) is 0 Å². The topological polar surface area (TPSA) is 68.0 Å². The highest BCUT2D eigenvalue weighted by Crippen LogP contribution is 2.27. The van der Waals surface area contributed by atoms with Gasteiger partial charge in [0.25, 0.3) is 0 Å². The first-order valence-corrected chi connectivity index (χ1v) is 6.46. The molecule has 2 aromatic carbocycles. The van der Waals surface area contributed by atoms with E-state index in [1.54, 1.807) is 6.07 Å². The van der Waals surface area contributed by atoms with Gasteiger partial charge >= 0.3 is 5.97 Å². The first-order valence-electron chi connectivity index (χ1n) is 5.71. The number of carbonyl (C=O) groups is 1. The van der Waals surface area contributed by atoms with Crippen molar-refractivity contribution in [2.45, 2.75) is 0 Å². The van der Waals surface area contributed by atoms with E-state index in [1.165, 1.54) is 28.9 Å². The Hall–Kier alpha value is -2.18. The second-order valence-corrected chi connectivity index (χ2v) is 5.05. The van der Waals surface area contributed by atoms with Crippen LogP contribution in [-0.4, -0.2) is 26.1 Å². The Morgan fingerprint density at radius 1 is 1.19 bits per heavy atom. The van der Waals surface area contributed by atoms with Gasteiger partial charge in [0.15, 0.2) is 5.82 Å². The first-order chi connectivity index (χ1) is 9.97. The van der Waals surface area contributed by atoms with Crippen LogP contribution in [0, 0.1) is 5.82 Å². The maximum atomic E-state index is 13.4. The molecule has 0 bridgehead atoms. The van der Waals surface area contributed by atoms with Crippen molar-refractivity contribution in [2.24, 2.45) is 0 Å². The minimum atomic E-state index is -1.06. The summed E-state index contributed by atoms with van der Waals surface area (Å²) >= 11 is 11.5. The molecule has 0 spiro atoms. The van der Waals surface area contributed by atoms with Crippen LogP contribution >= 0.6 is 23.2 Å². The van der Waals surface area contributed by atoms with Crippen molar-refractivity contribution in [3.8, 4) is 5.69 Å². The lowest BCUT2D eigenvalue weighted by Crippen LogP contribution is -1.99. The molecule has 1 heterocycles. The molecule has 3 aromatic rings. The van der Waals surface area contributed by atoms with E-state index in [9.17, 15) is 9.18 Å². The minimum Gasteiger partial charge on any atom is -0.478 e. The fourth-order valence-corrected chi connectivity index (χ4v) is 2.39. The van der Waals surface area contributed by atoms with Crippen molar-refractivity contribution in [1.29, 1.82) is 0 Å². The van der Waals surface area contributed by atoms with Crippen LogP contribution in [0.25, 0.3) is 16.7 Å². The van der Waals surface area contributed by atoms with E-state index >= 15 is 0 Å². The summed E-state index contributed by atoms with van der Waals surface area (Å²) in [6.45, 7) is 0. The average Bonchev–Trinajstić information content (AvgIpc) is 2.87. The Labute approximate surface area is 127 Å². The van der Waals surface area contributed by atoms with Crippen molar-refractivity contribution >= 4 is 40.2 Å². The SMILES string of the molecule is O=C(O)c1ccc2c(c1)nnn2-c1cc(Cl)c(F)c(Cl)c1. The number of hydrogen-bond donors (Lipinski definition) is 1. The van der Waals surface area contributed by atoms with Crippen molar-refractivity contribution in [2.75, 3.05) is 0 Å². The van der Waals surface area contributed by atoms with Gasteiger partial charge in [-0.2, -0.15) is 0 Å². The molecule has 0 fully saturated rings. The summed E-state index contributed by atoms with van der Waals surface area (Å²) in [7, 11) is 0. The minimum absolute atomic E-state index is 0.102. The number of fused-ring (bicyclic) bond motifs is 1. The third-order valence-electron chi connectivity index (χ3n) is 2.91. The molecule has 0 radical (unpaired) electrons. The van der Waals surface area contributed by atoms with Gasteiger partial charge in [0, 0.05) is 0 Å². The average molecular weight is 326 g/mol. The highest BCUT2D eigenvalue weighted by Gasteiger charge is 2.13. The Balaban J connectivity index is 2.20. The molecule has 3 rings (SSSR count). The van der Waals surface area contributed by atoms with Crippen LogP contribution in [0.5, 0.6) is 0 Å². The quantitative estimate of drug-likeness (QED) is 0.731. The maximum absolute atomic E-state index is 13.4. The molecule has 5 nitrogen and oxygen atoms in total. The zero-order valence-corrected chi connectivity index (χ0v) is 11.7. The number of carboxylic acid groups (broad SMARTS) is 1. The Bertz CT molecular complexity index is 856. The number of benzene rings is 2. The lowest BCUT2D eigenvalue weighted by molar-refractivity contribution is 0.0697. The van der Waals surface area contributed by atoms with Gasteiger partial charge in [-0.15, -0.1) is 5.10 Å². The van der Waals surface area contributed by atoms with E-state index in [0.717, 1.165) is 0 Å². The summed E-state index contributed by atoms with van der Waals surface area (Å²) in [4.78, 5) is 10.9.